The lowest BCUT2D eigenvalue weighted by Gasteiger charge is -2.36. The maximum atomic E-state index is 15.0. The van der Waals surface area contributed by atoms with Crippen molar-refractivity contribution in [1.29, 1.82) is 0 Å². The Morgan fingerprint density at radius 3 is 2.03 bits per heavy atom. The Labute approximate surface area is 227 Å². The van der Waals surface area contributed by atoms with E-state index in [2.05, 4.69) is 13.8 Å². The zero-order chi connectivity index (χ0) is 27.4. The molecule has 1 aliphatic rings. The monoisotopic (exact) mass is 534 g/mol. The van der Waals surface area contributed by atoms with Gasteiger partial charge < -0.3 is 4.74 Å². The number of hydrogen-bond acceptors (Lipinski definition) is 1. The van der Waals surface area contributed by atoms with Crippen LogP contribution in [0.25, 0.3) is 11.1 Å². The van der Waals surface area contributed by atoms with Gasteiger partial charge in [0.25, 0.3) is 5.92 Å². The number of rotatable bonds is 16. The molecular formula is C33H46F4O. The van der Waals surface area contributed by atoms with Crippen LogP contribution >= 0.6 is 0 Å². The first-order valence-corrected chi connectivity index (χ1v) is 15.0. The highest BCUT2D eigenvalue weighted by molar-refractivity contribution is 5.65. The Bertz CT molecular complexity index is 956. The van der Waals surface area contributed by atoms with E-state index in [4.69, 9.17) is 4.74 Å². The maximum Gasteiger partial charge on any atom is 0.255 e. The minimum Gasteiger partial charge on any atom is -0.490 e. The van der Waals surface area contributed by atoms with Crippen LogP contribution in [-0.4, -0.2) is 12.5 Å². The molecule has 2 atom stereocenters. The normalized spacial score (nSPS) is 19.0. The summed E-state index contributed by atoms with van der Waals surface area (Å²) in [7, 11) is 0. The summed E-state index contributed by atoms with van der Waals surface area (Å²) < 4.78 is 65.1. The van der Waals surface area contributed by atoms with Gasteiger partial charge in [-0.3, -0.25) is 0 Å². The van der Waals surface area contributed by atoms with Gasteiger partial charge in [-0.2, -0.15) is 4.39 Å². The number of halogens is 4. The fourth-order valence-corrected chi connectivity index (χ4v) is 5.76. The average Bonchev–Trinajstić information content (AvgIpc) is 2.90. The topological polar surface area (TPSA) is 9.23 Å². The van der Waals surface area contributed by atoms with E-state index in [0.29, 0.717) is 24.2 Å². The van der Waals surface area contributed by atoms with Crippen molar-refractivity contribution in [2.75, 3.05) is 6.61 Å². The number of unbranched alkanes of at least 4 members (excludes halogenated alkanes) is 9. The summed E-state index contributed by atoms with van der Waals surface area (Å²) in [5, 5.41) is 0. The molecule has 1 aliphatic carbocycles. The molecule has 0 heterocycles. The fourth-order valence-electron chi connectivity index (χ4n) is 5.76. The highest BCUT2D eigenvalue weighted by atomic mass is 19.3. The van der Waals surface area contributed by atoms with E-state index < -0.39 is 23.5 Å². The highest BCUT2D eigenvalue weighted by Crippen LogP contribution is 2.48. The maximum absolute atomic E-state index is 15.0. The van der Waals surface area contributed by atoms with Gasteiger partial charge in [-0.05, 0) is 48.4 Å². The van der Waals surface area contributed by atoms with E-state index in [9.17, 15) is 8.78 Å². The predicted molar refractivity (Wildman–Crippen MR) is 149 cm³/mol. The van der Waals surface area contributed by atoms with Crippen LogP contribution in [0.2, 0.25) is 0 Å². The summed E-state index contributed by atoms with van der Waals surface area (Å²) in [6.45, 7) is 4.68. The molecule has 0 saturated heterocycles. The van der Waals surface area contributed by atoms with Crippen LogP contribution in [0.1, 0.15) is 122 Å². The number of hydrogen-bond donors (Lipinski definition) is 0. The van der Waals surface area contributed by atoms with E-state index in [1.165, 1.54) is 44.2 Å². The largest absolute Gasteiger partial charge is 0.490 e. The second kappa shape index (κ2) is 15.5. The van der Waals surface area contributed by atoms with E-state index in [-0.39, 0.29) is 23.7 Å². The number of alkyl halides is 2. The van der Waals surface area contributed by atoms with Gasteiger partial charge in [0, 0.05) is 17.9 Å². The molecule has 0 unspecified atom stereocenters. The molecule has 0 N–H and O–H groups in total. The van der Waals surface area contributed by atoms with Crippen LogP contribution in [0, 0.1) is 17.6 Å². The molecule has 2 aromatic carbocycles. The Kier molecular flexibility index (Phi) is 12.5. The molecule has 1 saturated carbocycles. The number of ether oxygens (including phenoxy) is 1. The van der Waals surface area contributed by atoms with E-state index in [1.807, 2.05) is 0 Å². The summed E-state index contributed by atoms with van der Waals surface area (Å²) in [6.07, 6.45) is 14.5. The molecule has 1 nitrogen and oxygen atoms in total. The SMILES string of the molecule is CCCCCCCCCCOc1ccc(-c2ccc([C@H]3CC[C@H](CCCCC)CC3(F)F)cc2)c(F)c1F. The van der Waals surface area contributed by atoms with Crippen molar-refractivity contribution < 1.29 is 22.3 Å². The van der Waals surface area contributed by atoms with Crippen molar-refractivity contribution in [3.63, 3.8) is 0 Å². The van der Waals surface area contributed by atoms with Gasteiger partial charge in [0.15, 0.2) is 11.6 Å². The molecule has 3 rings (SSSR count). The molecule has 1 fully saturated rings. The first kappa shape index (κ1) is 30.5. The Morgan fingerprint density at radius 1 is 0.737 bits per heavy atom. The lowest BCUT2D eigenvalue weighted by molar-refractivity contribution is -0.0737. The molecule has 0 bridgehead atoms. The van der Waals surface area contributed by atoms with Crippen molar-refractivity contribution in [3.05, 3.63) is 53.6 Å². The van der Waals surface area contributed by atoms with E-state index in [0.717, 1.165) is 51.4 Å². The van der Waals surface area contributed by atoms with Gasteiger partial charge in [0.1, 0.15) is 0 Å². The standard InChI is InChI=1S/C33H46F4O/c1-3-5-7-8-9-10-11-13-23-38-30-22-20-28(31(34)32(30)35)26-16-18-27(19-17-26)29-21-15-25(14-12-6-4-2)24-33(29,36)37/h16-20,22,25,29H,3-15,21,23-24H2,1-2H3/t25-,29+/m0/s1. The minimum absolute atomic E-state index is 0.0661. The second-order valence-corrected chi connectivity index (χ2v) is 11.1. The van der Waals surface area contributed by atoms with Gasteiger partial charge >= 0.3 is 0 Å². The molecule has 0 spiro atoms. The van der Waals surface area contributed by atoms with Gasteiger partial charge in [-0.15, -0.1) is 0 Å². The smallest absolute Gasteiger partial charge is 0.255 e. The summed E-state index contributed by atoms with van der Waals surface area (Å²) in [5.41, 5.74) is 1.15. The van der Waals surface area contributed by atoms with Crippen molar-refractivity contribution in [3.8, 4) is 16.9 Å². The lowest BCUT2D eigenvalue weighted by atomic mass is 9.74. The van der Waals surface area contributed by atoms with Crippen molar-refractivity contribution in [2.24, 2.45) is 5.92 Å². The molecule has 212 valence electrons. The van der Waals surface area contributed by atoms with Crippen LogP contribution in [0.5, 0.6) is 5.75 Å². The molecule has 0 amide bonds. The van der Waals surface area contributed by atoms with Crippen LogP contribution in [-0.2, 0) is 0 Å². The molecule has 5 heteroatoms. The molecular weight excluding hydrogens is 488 g/mol. The van der Waals surface area contributed by atoms with Crippen LogP contribution in [0.15, 0.2) is 36.4 Å². The zero-order valence-electron chi connectivity index (χ0n) is 23.4. The van der Waals surface area contributed by atoms with Crippen LogP contribution in [0.3, 0.4) is 0 Å². The summed E-state index contributed by atoms with van der Waals surface area (Å²) >= 11 is 0. The minimum atomic E-state index is -2.75. The molecule has 0 radical (unpaired) electrons. The highest BCUT2D eigenvalue weighted by Gasteiger charge is 2.45. The zero-order valence-corrected chi connectivity index (χ0v) is 23.4. The first-order valence-electron chi connectivity index (χ1n) is 15.0. The molecule has 38 heavy (non-hydrogen) atoms. The Morgan fingerprint density at radius 2 is 1.37 bits per heavy atom. The van der Waals surface area contributed by atoms with Gasteiger partial charge in [0.05, 0.1) is 6.61 Å². The summed E-state index contributed by atoms with van der Waals surface area (Å²) in [6, 6.07) is 9.51. The van der Waals surface area contributed by atoms with Crippen molar-refractivity contribution in [1.82, 2.24) is 0 Å². The first-order chi connectivity index (χ1) is 18.4. The van der Waals surface area contributed by atoms with E-state index in [1.54, 1.807) is 24.3 Å². The van der Waals surface area contributed by atoms with Crippen LogP contribution < -0.4 is 4.74 Å². The third-order valence-electron chi connectivity index (χ3n) is 8.08. The quantitative estimate of drug-likeness (QED) is 0.154. The third kappa shape index (κ3) is 8.74. The molecule has 0 aromatic heterocycles. The predicted octanol–water partition coefficient (Wildman–Crippen LogP) is 11.3. The van der Waals surface area contributed by atoms with Crippen molar-refractivity contribution in [2.45, 2.75) is 122 Å². The lowest BCUT2D eigenvalue weighted by Crippen LogP contribution is -2.34. The van der Waals surface area contributed by atoms with E-state index >= 15 is 8.78 Å². The van der Waals surface area contributed by atoms with Gasteiger partial charge in [-0.1, -0.05) is 109 Å². The third-order valence-corrected chi connectivity index (χ3v) is 8.08. The van der Waals surface area contributed by atoms with Gasteiger partial charge in [0.2, 0.25) is 5.82 Å². The molecule has 0 aliphatic heterocycles. The molecule has 2 aromatic rings. The second-order valence-electron chi connectivity index (χ2n) is 11.1. The fraction of sp³-hybridized carbons (Fsp3) is 0.636. The number of benzene rings is 2. The Balaban J connectivity index is 1.53. The van der Waals surface area contributed by atoms with Gasteiger partial charge in [-0.25, -0.2) is 13.2 Å². The van der Waals surface area contributed by atoms with Crippen molar-refractivity contribution >= 4 is 0 Å². The Hall–Kier alpha value is -2.04. The summed E-state index contributed by atoms with van der Waals surface area (Å²) in [5.74, 6) is -5.54. The summed E-state index contributed by atoms with van der Waals surface area (Å²) in [4.78, 5) is 0. The average molecular weight is 535 g/mol. The van der Waals surface area contributed by atoms with Crippen LogP contribution in [0.4, 0.5) is 17.6 Å².